The summed E-state index contributed by atoms with van der Waals surface area (Å²) in [6.45, 7) is 6.32. The summed E-state index contributed by atoms with van der Waals surface area (Å²) in [6, 6.07) is 0. The van der Waals surface area contributed by atoms with Crippen LogP contribution in [0.25, 0.3) is 0 Å². The number of hydrogen-bond donors (Lipinski definition) is 0. The van der Waals surface area contributed by atoms with E-state index in [1.807, 2.05) is 0 Å². The first-order valence-electron chi connectivity index (χ1n) is 30.3. The maximum atomic E-state index is 12.9. The highest BCUT2D eigenvalue weighted by molar-refractivity contribution is 5.71. The van der Waals surface area contributed by atoms with Gasteiger partial charge in [-0.15, -0.1) is 0 Å². The summed E-state index contributed by atoms with van der Waals surface area (Å²) in [5, 5.41) is 0. The van der Waals surface area contributed by atoms with Gasteiger partial charge in [0.1, 0.15) is 13.2 Å². The first kappa shape index (κ1) is 70.3. The van der Waals surface area contributed by atoms with Gasteiger partial charge in [0, 0.05) is 19.3 Å². The number of carbonyl (C=O) groups is 3. The highest BCUT2D eigenvalue weighted by Crippen LogP contribution is 2.14. The van der Waals surface area contributed by atoms with Crippen LogP contribution in [-0.2, 0) is 28.6 Å². The number of carbonyl (C=O) groups excluding carboxylic acids is 3. The van der Waals surface area contributed by atoms with Crippen molar-refractivity contribution >= 4 is 17.9 Å². The molecule has 6 heteroatoms. The molecule has 1 unspecified atom stereocenters. The Bertz CT molecular complexity index is 1660. The van der Waals surface area contributed by atoms with Gasteiger partial charge in [-0.1, -0.05) is 237 Å². The Morgan fingerprint density at radius 2 is 0.520 bits per heavy atom. The second-order valence-electron chi connectivity index (χ2n) is 19.5. The van der Waals surface area contributed by atoms with Crippen molar-refractivity contribution < 1.29 is 28.6 Å². The summed E-state index contributed by atoms with van der Waals surface area (Å²) in [7, 11) is 0. The predicted octanol–water partition coefficient (Wildman–Crippen LogP) is 20.8. The third-order valence-electron chi connectivity index (χ3n) is 12.3. The van der Waals surface area contributed by atoms with Gasteiger partial charge in [-0.2, -0.15) is 0 Å². The molecule has 0 aliphatic heterocycles. The number of ether oxygens (including phenoxy) is 3. The first-order chi connectivity index (χ1) is 37.0. The van der Waals surface area contributed by atoms with Crippen molar-refractivity contribution in [1.82, 2.24) is 0 Å². The molecule has 0 saturated carbocycles. The first-order valence-corrected chi connectivity index (χ1v) is 30.3. The fourth-order valence-corrected chi connectivity index (χ4v) is 7.82. The van der Waals surface area contributed by atoms with Crippen molar-refractivity contribution in [2.45, 2.75) is 258 Å². The van der Waals surface area contributed by atoms with Gasteiger partial charge in [0.25, 0.3) is 0 Å². The molecule has 0 bridgehead atoms. The molecule has 0 fully saturated rings. The van der Waals surface area contributed by atoms with E-state index in [2.05, 4.69) is 167 Å². The van der Waals surface area contributed by atoms with Crippen molar-refractivity contribution in [2.24, 2.45) is 0 Å². The van der Waals surface area contributed by atoms with E-state index in [1.165, 1.54) is 83.5 Å². The van der Waals surface area contributed by atoms with Crippen molar-refractivity contribution in [1.29, 1.82) is 0 Å². The normalized spacial score (nSPS) is 13.2. The molecule has 0 aliphatic rings. The Balaban J connectivity index is 4.53. The average molecular weight is 1040 g/mol. The molecule has 1 atom stereocenters. The number of unbranched alkanes of at least 4 members (excludes halogenated alkanes) is 18. The maximum absolute atomic E-state index is 12.9. The van der Waals surface area contributed by atoms with Crippen LogP contribution in [-0.4, -0.2) is 37.2 Å². The van der Waals surface area contributed by atoms with Gasteiger partial charge in [-0.25, -0.2) is 0 Å². The average Bonchev–Trinajstić information content (AvgIpc) is 3.41. The zero-order chi connectivity index (χ0) is 54.3. The fourth-order valence-electron chi connectivity index (χ4n) is 7.82. The van der Waals surface area contributed by atoms with E-state index >= 15 is 0 Å². The lowest BCUT2D eigenvalue weighted by Gasteiger charge is -2.18. The fraction of sp³-hybridized carbons (Fsp3) is 0.609. The minimum Gasteiger partial charge on any atom is -0.462 e. The molecular formula is C69H110O6. The predicted molar refractivity (Wildman–Crippen MR) is 325 cm³/mol. The minimum atomic E-state index is -0.823. The molecule has 0 aromatic heterocycles. The molecule has 0 rings (SSSR count). The SMILES string of the molecule is CC/C=C\C/C=C\C/C=C\C/C=C\C/C=C\C/C=C\CCCCC(=O)OCC(COC(=O)CCCC/C=C\C/C=C\C/C=C\C/C=C\CC)OC(=O)CCCCCCCCCCC/C=C\C/C=C\CCCCCCC. The Labute approximate surface area is 461 Å². The molecule has 0 amide bonds. The monoisotopic (exact) mass is 1030 g/mol. The molecule has 0 aromatic carbocycles. The van der Waals surface area contributed by atoms with Crippen LogP contribution in [0.1, 0.15) is 252 Å². The summed E-state index contributed by atoms with van der Waals surface area (Å²) in [5.41, 5.74) is 0. The second kappa shape index (κ2) is 61.8. The van der Waals surface area contributed by atoms with Crippen LogP contribution in [0.4, 0.5) is 0 Å². The topological polar surface area (TPSA) is 78.9 Å². The molecular weight excluding hydrogens is 925 g/mol. The second-order valence-corrected chi connectivity index (χ2v) is 19.5. The standard InChI is InChI=1S/C69H110O6/c1-4-7-10-13-16-19-22-25-28-30-32-34-36-38-41-44-47-50-53-56-59-62-68(71)74-65-66(64-73-67(70)61-58-55-52-49-46-43-40-27-24-21-18-15-12-9-6-3)75-69(72)63-60-57-54-51-48-45-42-39-37-35-33-31-29-26-23-20-17-14-11-8-5-2/h7,9-10,12,16,18-19,21,23,25-28,31-34,38,40-41,46-47,49-50,66H,4-6,8,11,13-15,17,20,22,24,29-30,35-37,39,42-45,48,51-65H2,1-3H3/b10-7-,12-9-,19-16-,21-18-,26-23-,28-25-,33-31-,34-32-,40-27-,41-38-,49-46-,50-47-. The van der Waals surface area contributed by atoms with E-state index in [0.717, 1.165) is 116 Å². The molecule has 0 radical (unpaired) electrons. The van der Waals surface area contributed by atoms with Gasteiger partial charge in [0.15, 0.2) is 6.10 Å². The maximum Gasteiger partial charge on any atom is 0.306 e. The molecule has 0 N–H and O–H groups in total. The quantitative estimate of drug-likeness (QED) is 0.0261. The van der Waals surface area contributed by atoms with E-state index in [-0.39, 0.29) is 37.5 Å². The van der Waals surface area contributed by atoms with E-state index in [1.54, 1.807) is 0 Å². The van der Waals surface area contributed by atoms with Crippen LogP contribution in [0.2, 0.25) is 0 Å². The van der Waals surface area contributed by atoms with Gasteiger partial charge in [-0.3, -0.25) is 14.4 Å². The summed E-state index contributed by atoms with van der Waals surface area (Å²) < 4.78 is 16.8. The zero-order valence-electron chi connectivity index (χ0n) is 48.3. The lowest BCUT2D eigenvalue weighted by molar-refractivity contribution is -0.167. The van der Waals surface area contributed by atoms with E-state index in [0.29, 0.717) is 25.7 Å². The summed E-state index contributed by atoms with van der Waals surface area (Å²) in [6.07, 6.45) is 88.5. The van der Waals surface area contributed by atoms with Gasteiger partial charge < -0.3 is 14.2 Å². The number of allylic oxidation sites excluding steroid dienone is 24. The molecule has 6 nitrogen and oxygen atoms in total. The zero-order valence-corrected chi connectivity index (χ0v) is 48.3. The van der Waals surface area contributed by atoms with Crippen LogP contribution in [0.15, 0.2) is 146 Å². The molecule has 0 spiro atoms. The smallest absolute Gasteiger partial charge is 0.306 e. The summed E-state index contributed by atoms with van der Waals surface area (Å²) >= 11 is 0. The minimum absolute atomic E-state index is 0.121. The van der Waals surface area contributed by atoms with Gasteiger partial charge >= 0.3 is 17.9 Å². The summed E-state index contributed by atoms with van der Waals surface area (Å²) in [4.78, 5) is 38.2. The van der Waals surface area contributed by atoms with Crippen LogP contribution in [0.3, 0.4) is 0 Å². The van der Waals surface area contributed by atoms with E-state index < -0.39 is 6.10 Å². The van der Waals surface area contributed by atoms with Crippen molar-refractivity contribution in [2.75, 3.05) is 13.2 Å². The lowest BCUT2D eigenvalue weighted by atomic mass is 10.1. The number of hydrogen-bond acceptors (Lipinski definition) is 6. The lowest BCUT2D eigenvalue weighted by Crippen LogP contribution is -2.30. The summed E-state index contributed by atoms with van der Waals surface area (Å²) in [5.74, 6) is -1.01. The van der Waals surface area contributed by atoms with Gasteiger partial charge in [0.05, 0.1) is 0 Å². The Hall–Kier alpha value is -4.71. The van der Waals surface area contributed by atoms with Crippen molar-refractivity contribution in [3.63, 3.8) is 0 Å². The third-order valence-corrected chi connectivity index (χ3v) is 12.3. The van der Waals surface area contributed by atoms with Crippen LogP contribution >= 0.6 is 0 Å². The Morgan fingerprint density at radius 1 is 0.280 bits per heavy atom. The largest absolute Gasteiger partial charge is 0.462 e. The number of rotatable bonds is 53. The Kier molecular flexibility index (Phi) is 58.0. The Morgan fingerprint density at radius 3 is 0.840 bits per heavy atom. The molecule has 422 valence electrons. The van der Waals surface area contributed by atoms with Gasteiger partial charge in [0.2, 0.25) is 0 Å². The molecule has 0 heterocycles. The van der Waals surface area contributed by atoms with Crippen LogP contribution in [0, 0.1) is 0 Å². The highest BCUT2D eigenvalue weighted by atomic mass is 16.6. The van der Waals surface area contributed by atoms with Crippen LogP contribution < -0.4 is 0 Å². The number of esters is 3. The third kappa shape index (κ3) is 60.0. The molecule has 0 aliphatic carbocycles. The van der Waals surface area contributed by atoms with Crippen molar-refractivity contribution in [3.05, 3.63) is 146 Å². The van der Waals surface area contributed by atoms with Crippen LogP contribution in [0.5, 0.6) is 0 Å². The molecule has 0 aromatic rings. The molecule has 0 saturated heterocycles. The van der Waals surface area contributed by atoms with E-state index in [4.69, 9.17) is 14.2 Å². The van der Waals surface area contributed by atoms with Crippen molar-refractivity contribution in [3.8, 4) is 0 Å². The molecule has 75 heavy (non-hydrogen) atoms. The van der Waals surface area contributed by atoms with E-state index in [9.17, 15) is 14.4 Å². The highest BCUT2D eigenvalue weighted by Gasteiger charge is 2.19. The van der Waals surface area contributed by atoms with Gasteiger partial charge in [-0.05, 0) is 141 Å².